The van der Waals surface area contributed by atoms with Crippen LogP contribution in [0.4, 0.5) is 0 Å². The minimum atomic E-state index is -0.678. The van der Waals surface area contributed by atoms with Crippen LogP contribution in [-0.4, -0.2) is 26.4 Å². The summed E-state index contributed by atoms with van der Waals surface area (Å²) in [5, 5.41) is 0. The molecule has 0 aromatic carbocycles. The predicted molar refractivity (Wildman–Crippen MR) is 74.5 cm³/mol. The first-order chi connectivity index (χ1) is 8.75. The first-order valence-corrected chi connectivity index (χ1v) is 9.03. The molecule has 0 N–H and O–H groups in total. The van der Waals surface area contributed by atoms with Gasteiger partial charge in [-0.25, -0.2) is 8.51 Å². The zero-order chi connectivity index (χ0) is 12.2. The smallest absolute Gasteiger partial charge is 0.101 e. The summed E-state index contributed by atoms with van der Waals surface area (Å²) in [6.45, 7) is 2.18. The third kappa shape index (κ3) is 1.81. The summed E-state index contributed by atoms with van der Waals surface area (Å²) in [4.78, 5) is 0. The number of rotatable bonds is 2. The fraction of sp³-hybridized carbons (Fsp3) is 1.00. The molecule has 2 nitrogen and oxygen atoms in total. The molecule has 0 amide bonds. The SMILES string of the molecule is O=[S@@](N1CCCCC1)C12CC3CC(CC(C3)C1)C2. The minimum Gasteiger partial charge on any atom is -0.242 e. The molecule has 0 radical (unpaired) electrons. The minimum absolute atomic E-state index is 0.214. The van der Waals surface area contributed by atoms with Crippen LogP contribution in [0, 0.1) is 17.8 Å². The van der Waals surface area contributed by atoms with Crippen LogP contribution < -0.4 is 0 Å². The van der Waals surface area contributed by atoms with Gasteiger partial charge in [-0.15, -0.1) is 0 Å². The lowest BCUT2D eigenvalue weighted by atomic mass is 9.56. The Balaban J connectivity index is 1.57. The van der Waals surface area contributed by atoms with Crippen LogP contribution in [0.2, 0.25) is 0 Å². The number of hydrogen-bond donors (Lipinski definition) is 0. The van der Waals surface area contributed by atoms with Crippen molar-refractivity contribution in [2.45, 2.75) is 62.5 Å². The molecular weight excluding hydrogens is 242 g/mol. The zero-order valence-corrected chi connectivity index (χ0v) is 12.1. The standard InChI is InChI=1S/C15H25NOS/c17-18(16-4-2-1-3-5-16)15-9-12-6-13(10-15)8-14(7-12)11-15/h12-14H,1-11H2/t12?,13?,14?,15?,18-/m1/s1. The van der Waals surface area contributed by atoms with Gasteiger partial charge in [-0.2, -0.15) is 0 Å². The second-order valence-corrected chi connectivity index (χ2v) is 9.22. The highest BCUT2D eigenvalue weighted by Gasteiger charge is 2.55. The first-order valence-electron chi connectivity index (χ1n) is 7.92. The normalized spacial score (nSPS) is 49.4. The summed E-state index contributed by atoms with van der Waals surface area (Å²) in [5.74, 6) is 2.76. The molecule has 4 aliphatic carbocycles. The fourth-order valence-corrected chi connectivity index (χ4v) is 7.82. The Bertz CT molecular complexity index is 326. The Morgan fingerprint density at radius 1 is 0.833 bits per heavy atom. The van der Waals surface area contributed by atoms with E-state index in [0.29, 0.717) is 0 Å². The molecule has 1 atom stereocenters. The van der Waals surface area contributed by atoms with Gasteiger partial charge in [0.1, 0.15) is 11.0 Å². The summed E-state index contributed by atoms with van der Waals surface area (Å²) in [7, 11) is -0.678. The summed E-state index contributed by atoms with van der Waals surface area (Å²) >= 11 is 0. The lowest BCUT2D eigenvalue weighted by molar-refractivity contribution is 0.0338. The van der Waals surface area contributed by atoms with Crippen LogP contribution in [0.1, 0.15) is 57.8 Å². The van der Waals surface area contributed by atoms with Crippen molar-refractivity contribution in [3.8, 4) is 0 Å². The van der Waals surface area contributed by atoms with Crippen LogP contribution in [0.5, 0.6) is 0 Å². The van der Waals surface area contributed by atoms with E-state index in [4.69, 9.17) is 0 Å². The second kappa shape index (κ2) is 4.31. The highest BCUT2D eigenvalue weighted by molar-refractivity contribution is 7.84. The summed E-state index contributed by atoms with van der Waals surface area (Å²) in [5.41, 5.74) is 0. The molecule has 0 aromatic heterocycles. The van der Waals surface area contributed by atoms with Crippen LogP contribution in [0.25, 0.3) is 0 Å². The van der Waals surface area contributed by atoms with Crippen molar-refractivity contribution >= 4 is 11.0 Å². The quantitative estimate of drug-likeness (QED) is 0.753. The molecule has 18 heavy (non-hydrogen) atoms. The lowest BCUT2D eigenvalue weighted by Crippen LogP contribution is -2.56. The van der Waals surface area contributed by atoms with Gasteiger partial charge >= 0.3 is 0 Å². The van der Waals surface area contributed by atoms with Gasteiger partial charge in [0, 0.05) is 13.1 Å². The summed E-state index contributed by atoms with van der Waals surface area (Å²) in [6.07, 6.45) is 12.1. The predicted octanol–water partition coefficient (Wildman–Crippen LogP) is 3.10. The summed E-state index contributed by atoms with van der Waals surface area (Å²) < 4.78 is 15.6. The van der Waals surface area contributed by atoms with Gasteiger partial charge in [0.05, 0.1) is 4.75 Å². The molecule has 0 spiro atoms. The molecule has 5 aliphatic rings. The molecule has 4 saturated carbocycles. The molecule has 1 aliphatic heterocycles. The van der Waals surface area contributed by atoms with Gasteiger partial charge in [0.25, 0.3) is 0 Å². The maximum Gasteiger partial charge on any atom is 0.101 e. The molecular formula is C15H25NOS. The molecule has 3 heteroatoms. The van der Waals surface area contributed by atoms with Crippen molar-refractivity contribution in [3.05, 3.63) is 0 Å². The molecule has 102 valence electrons. The van der Waals surface area contributed by atoms with E-state index in [-0.39, 0.29) is 4.75 Å². The van der Waals surface area contributed by atoms with E-state index < -0.39 is 11.0 Å². The molecule has 1 heterocycles. The topological polar surface area (TPSA) is 20.3 Å². The number of hydrogen-bond acceptors (Lipinski definition) is 1. The van der Waals surface area contributed by atoms with Crippen molar-refractivity contribution in [1.29, 1.82) is 0 Å². The molecule has 0 aromatic rings. The highest BCUT2D eigenvalue weighted by Crippen LogP contribution is 2.58. The van der Waals surface area contributed by atoms with E-state index in [2.05, 4.69) is 4.31 Å². The van der Waals surface area contributed by atoms with Crippen molar-refractivity contribution in [2.24, 2.45) is 17.8 Å². The third-order valence-electron chi connectivity index (χ3n) is 5.90. The Labute approximate surface area is 113 Å². The van der Waals surface area contributed by atoms with E-state index in [0.717, 1.165) is 30.8 Å². The van der Waals surface area contributed by atoms with Gasteiger partial charge in [-0.05, 0) is 69.1 Å². The average Bonchev–Trinajstić information content (AvgIpc) is 2.37. The Kier molecular flexibility index (Phi) is 2.85. The van der Waals surface area contributed by atoms with Crippen LogP contribution >= 0.6 is 0 Å². The van der Waals surface area contributed by atoms with Gasteiger partial charge in [0.15, 0.2) is 0 Å². The lowest BCUT2D eigenvalue weighted by Gasteiger charge is -2.56. The molecule has 5 fully saturated rings. The molecule has 5 rings (SSSR count). The highest BCUT2D eigenvalue weighted by atomic mass is 32.2. The Hall–Kier alpha value is 0.110. The molecule has 4 bridgehead atoms. The Morgan fingerprint density at radius 3 is 1.83 bits per heavy atom. The van der Waals surface area contributed by atoms with E-state index >= 15 is 0 Å². The van der Waals surface area contributed by atoms with E-state index in [1.807, 2.05) is 0 Å². The van der Waals surface area contributed by atoms with Crippen molar-refractivity contribution in [3.63, 3.8) is 0 Å². The maximum atomic E-state index is 13.1. The van der Waals surface area contributed by atoms with E-state index in [1.54, 1.807) is 0 Å². The van der Waals surface area contributed by atoms with Crippen LogP contribution in [0.3, 0.4) is 0 Å². The van der Waals surface area contributed by atoms with Crippen molar-refractivity contribution in [1.82, 2.24) is 4.31 Å². The largest absolute Gasteiger partial charge is 0.242 e. The summed E-state index contributed by atoms with van der Waals surface area (Å²) in [6, 6.07) is 0. The zero-order valence-electron chi connectivity index (χ0n) is 11.3. The average molecular weight is 267 g/mol. The monoisotopic (exact) mass is 267 g/mol. The van der Waals surface area contributed by atoms with Gasteiger partial charge < -0.3 is 0 Å². The fourth-order valence-electron chi connectivity index (χ4n) is 5.55. The van der Waals surface area contributed by atoms with E-state index in [9.17, 15) is 4.21 Å². The Morgan fingerprint density at radius 2 is 1.33 bits per heavy atom. The molecule has 1 saturated heterocycles. The van der Waals surface area contributed by atoms with Crippen molar-refractivity contribution in [2.75, 3.05) is 13.1 Å². The van der Waals surface area contributed by atoms with Gasteiger partial charge in [0.2, 0.25) is 0 Å². The third-order valence-corrected chi connectivity index (χ3v) is 7.98. The van der Waals surface area contributed by atoms with Gasteiger partial charge in [-0.3, -0.25) is 0 Å². The van der Waals surface area contributed by atoms with Crippen LogP contribution in [-0.2, 0) is 11.0 Å². The second-order valence-electron chi connectivity index (χ2n) is 7.34. The molecule has 0 unspecified atom stereocenters. The van der Waals surface area contributed by atoms with Crippen LogP contribution in [0.15, 0.2) is 0 Å². The maximum absolute atomic E-state index is 13.1. The number of piperidine rings is 1. The van der Waals surface area contributed by atoms with Gasteiger partial charge in [-0.1, -0.05) is 6.42 Å². The number of nitrogens with zero attached hydrogens (tertiary/aromatic N) is 1. The first kappa shape index (κ1) is 11.9. The van der Waals surface area contributed by atoms with E-state index in [1.165, 1.54) is 57.8 Å². The van der Waals surface area contributed by atoms with Crippen molar-refractivity contribution < 1.29 is 4.21 Å².